The second-order valence-corrected chi connectivity index (χ2v) is 8.16. The van der Waals surface area contributed by atoms with Crippen LogP contribution in [-0.2, 0) is 6.54 Å². The number of aromatic nitrogens is 1. The van der Waals surface area contributed by atoms with Crippen LogP contribution in [0.25, 0.3) is 21.8 Å². The number of primary amides is 1. The summed E-state index contributed by atoms with van der Waals surface area (Å²) in [6.45, 7) is 4.90. The van der Waals surface area contributed by atoms with E-state index in [1.165, 1.54) is 5.56 Å². The third kappa shape index (κ3) is 3.15. The molecule has 5 heteroatoms. The van der Waals surface area contributed by atoms with Gasteiger partial charge in [0.1, 0.15) is 0 Å². The molecule has 2 N–H and O–H groups in total. The van der Waals surface area contributed by atoms with Crippen LogP contribution in [0, 0.1) is 0 Å². The van der Waals surface area contributed by atoms with E-state index in [0.717, 1.165) is 27.4 Å². The Hall–Kier alpha value is -2.49. The fourth-order valence-corrected chi connectivity index (χ4v) is 4.18. The van der Waals surface area contributed by atoms with Crippen molar-refractivity contribution in [3.05, 3.63) is 81.3 Å². The van der Waals surface area contributed by atoms with Crippen LogP contribution in [0.15, 0.2) is 54.6 Å². The van der Waals surface area contributed by atoms with Gasteiger partial charge in [0, 0.05) is 38.4 Å². The molecule has 0 radical (unpaired) electrons. The number of carbonyl (C=O) groups is 1. The van der Waals surface area contributed by atoms with E-state index in [-0.39, 0.29) is 0 Å². The van der Waals surface area contributed by atoms with Gasteiger partial charge < -0.3 is 10.3 Å². The molecule has 0 saturated heterocycles. The van der Waals surface area contributed by atoms with E-state index in [2.05, 4.69) is 36.6 Å². The number of benzene rings is 3. The number of amides is 1. The van der Waals surface area contributed by atoms with Gasteiger partial charge in [0.25, 0.3) is 0 Å². The first-order valence-corrected chi connectivity index (χ1v) is 9.91. The Morgan fingerprint density at radius 1 is 1.04 bits per heavy atom. The molecule has 0 aliphatic heterocycles. The van der Waals surface area contributed by atoms with E-state index in [0.29, 0.717) is 28.1 Å². The number of rotatable bonds is 4. The van der Waals surface area contributed by atoms with E-state index < -0.39 is 5.91 Å². The zero-order chi connectivity index (χ0) is 20.0. The van der Waals surface area contributed by atoms with Gasteiger partial charge in [-0.15, -0.1) is 0 Å². The van der Waals surface area contributed by atoms with Gasteiger partial charge in [-0.25, -0.2) is 0 Å². The predicted octanol–water partition coefficient (Wildman–Crippen LogP) is 6.37. The SMILES string of the molecule is CC(C)c1ccc2c3c(C(N)=O)cccc3n(Cc3ccc(Cl)cc3Cl)c2c1. The van der Waals surface area contributed by atoms with Gasteiger partial charge in [0.2, 0.25) is 5.91 Å². The minimum absolute atomic E-state index is 0.394. The molecule has 0 aliphatic rings. The summed E-state index contributed by atoms with van der Waals surface area (Å²) in [5.74, 6) is -0.0345. The van der Waals surface area contributed by atoms with Crippen LogP contribution in [0.1, 0.15) is 41.3 Å². The Balaban J connectivity index is 2.05. The molecule has 1 amide bonds. The van der Waals surface area contributed by atoms with Crippen LogP contribution < -0.4 is 5.73 Å². The first-order chi connectivity index (χ1) is 13.4. The molecule has 1 aromatic heterocycles. The number of hydrogen-bond acceptors (Lipinski definition) is 1. The Morgan fingerprint density at radius 3 is 2.50 bits per heavy atom. The first kappa shape index (κ1) is 18.9. The predicted molar refractivity (Wildman–Crippen MR) is 118 cm³/mol. The monoisotopic (exact) mass is 410 g/mol. The summed E-state index contributed by atoms with van der Waals surface area (Å²) < 4.78 is 2.19. The van der Waals surface area contributed by atoms with E-state index >= 15 is 0 Å². The highest BCUT2D eigenvalue weighted by molar-refractivity contribution is 6.35. The van der Waals surface area contributed by atoms with Crippen molar-refractivity contribution in [3.8, 4) is 0 Å². The molecular weight excluding hydrogens is 391 g/mol. The highest BCUT2D eigenvalue weighted by atomic mass is 35.5. The zero-order valence-corrected chi connectivity index (χ0v) is 17.2. The lowest BCUT2D eigenvalue weighted by molar-refractivity contribution is 0.100. The molecule has 4 aromatic rings. The molecule has 0 aliphatic carbocycles. The van der Waals surface area contributed by atoms with E-state index in [4.69, 9.17) is 28.9 Å². The minimum atomic E-state index is -0.429. The molecule has 3 nitrogen and oxygen atoms in total. The minimum Gasteiger partial charge on any atom is -0.366 e. The maximum absolute atomic E-state index is 12.1. The van der Waals surface area contributed by atoms with Crippen LogP contribution in [0.4, 0.5) is 0 Å². The maximum atomic E-state index is 12.1. The lowest BCUT2D eigenvalue weighted by Crippen LogP contribution is -2.11. The number of fused-ring (bicyclic) bond motifs is 3. The molecule has 4 rings (SSSR count). The molecule has 0 bridgehead atoms. The summed E-state index contributed by atoms with van der Waals surface area (Å²) in [6, 6.07) is 17.6. The van der Waals surface area contributed by atoms with Crippen molar-refractivity contribution in [1.82, 2.24) is 4.57 Å². The van der Waals surface area contributed by atoms with Crippen molar-refractivity contribution in [2.45, 2.75) is 26.3 Å². The quantitative estimate of drug-likeness (QED) is 0.417. The molecule has 1 heterocycles. The molecular formula is C23H20Cl2N2O. The topological polar surface area (TPSA) is 48.0 Å². The average molecular weight is 411 g/mol. The fourth-order valence-electron chi connectivity index (χ4n) is 3.72. The second kappa shape index (κ2) is 7.16. The van der Waals surface area contributed by atoms with Gasteiger partial charge >= 0.3 is 0 Å². The van der Waals surface area contributed by atoms with E-state index in [9.17, 15) is 4.79 Å². The summed E-state index contributed by atoms with van der Waals surface area (Å²) in [7, 11) is 0. The van der Waals surface area contributed by atoms with E-state index in [1.54, 1.807) is 12.1 Å². The Bertz CT molecular complexity index is 1220. The van der Waals surface area contributed by atoms with Crippen molar-refractivity contribution < 1.29 is 4.79 Å². The Kier molecular flexibility index (Phi) is 4.82. The molecule has 3 aromatic carbocycles. The maximum Gasteiger partial charge on any atom is 0.249 e. The van der Waals surface area contributed by atoms with Crippen LogP contribution >= 0.6 is 23.2 Å². The molecule has 0 saturated carbocycles. The van der Waals surface area contributed by atoms with Crippen molar-refractivity contribution in [1.29, 1.82) is 0 Å². The van der Waals surface area contributed by atoms with Crippen molar-refractivity contribution >= 4 is 50.9 Å². The molecule has 0 atom stereocenters. The lowest BCUT2D eigenvalue weighted by Gasteiger charge is -2.11. The largest absolute Gasteiger partial charge is 0.366 e. The normalized spacial score (nSPS) is 11.6. The standard InChI is InChI=1S/C23H20Cl2N2O/c1-13(2)14-7-9-17-21(10-14)27(12-15-6-8-16(24)11-19(15)25)20-5-3-4-18(22(17)20)23(26)28/h3-11,13H,12H2,1-2H3,(H2,26,28). The summed E-state index contributed by atoms with van der Waals surface area (Å²) >= 11 is 12.5. The van der Waals surface area contributed by atoms with Gasteiger partial charge in [-0.2, -0.15) is 0 Å². The Morgan fingerprint density at radius 2 is 1.82 bits per heavy atom. The fraction of sp³-hybridized carbons (Fsp3) is 0.174. The molecule has 0 spiro atoms. The third-order valence-electron chi connectivity index (χ3n) is 5.19. The van der Waals surface area contributed by atoms with Crippen LogP contribution in [0.3, 0.4) is 0 Å². The second-order valence-electron chi connectivity index (χ2n) is 7.32. The lowest BCUT2D eigenvalue weighted by atomic mass is 10.00. The van der Waals surface area contributed by atoms with Crippen LogP contribution in [0.5, 0.6) is 0 Å². The highest BCUT2D eigenvalue weighted by Gasteiger charge is 2.18. The molecule has 0 fully saturated rings. The summed E-state index contributed by atoms with van der Waals surface area (Å²) in [5, 5.41) is 3.12. The Labute approximate surface area is 173 Å². The zero-order valence-electron chi connectivity index (χ0n) is 15.7. The van der Waals surface area contributed by atoms with Gasteiger partial charge in [0.05, 0.1) is 5.52 Å². The summed E-state index contributed by atoms with van der Waals surface area (Å²) in [6.07, 6.45) is 0. The smallest absolute Gasteiger partial charge is 0.249 e. The number of halogens is 2. The third-order valence-corrected chi connectivity index (χ3v) is 5.78. The van der Waals surface area contributed by atoms with Gasteiger partial charge in [-0.3, -0.25) is 4.79 Å². The van der Waals surface area contributed by atoms with Crippen molar-refractivity contribution in [2.24, 2.45) is 5.73 Å². The van der Waals surface area contributed by atoms with E-state index in [1.807, 2.05) is 24.3 Å². The number of hydrogen-bond donors (Lipinski definition) is 1. The van der Waals surface area contributed by atoms with Crippen LogP contribution in [-0.4, -0.2) is 10.5 Å². The van der Waals surface area contributed by atoms with Crippen LogP contribution in [0.2, 0.25) is 10.0 Å². The molecule has 142 valence electrons. The summed E-state index contributed by atoms with van der Waals surface area (Å²) in [4.78, 5) is 12.1. The summed E-state index contributed by atoms with van der Waals surface area (Å²) in [5.41, 5.74) is 10.4. The number of carbonyl (C=O) groups excluding carboxylic acids is 1. The molecule has 28 heavy (non-hydrogen) atoms. The van der Waals surface area contributed by atoms with Gasteiger partial charge in [0.15, 0.2) is 0 Å². The van der Waals surface area contributed by atoms with Gasteiger partial charge in [-0.05, 0) is 47.4 Å². The van der Waals surface area contributed by atoms with Crippen molar-refractivity contribution in [3.63, 3.8) is 0 Å². The first-order valence-electron chi connectivity index (χ1n) is 9.15. The molecule has 0 unspecified atom stereocenters. The number of nitrogens with zero attached hydrogens (tertiary/aromatic N) is 1. The average Bonchev–Trinajstić information content (AvgIpc) is 2.97. The van der Waals surface area contributed by atoms with Gasteiger partial charge in [-0.1, -0.05) is 61.3 Å². The number of nitrogens with two attached hydrogens (primary N) is 1. The highest BCUT2D eigenvalue weighted by Crippen LogP contribution is 2.35. The van der Waals surface area contributed by atoms with Crippen molar-refractivity contribution in [2.75, 3.05) is 0 Å².